The first-order valence-corrected chi connectivity index (χ1v) is 7.99. The first-order valence-electron chi connectivity index (χ1n) is 7.99. The SMILES string of the molecule is CC(NC(=O)N1C2CCC1CC(CC(=O)O)C2)C(C)(C)C. The molecule has 2 aliphatic rings. The van der Waals surface area contributed by atoms with Gasteiger partial charge in [0.1, 0.15) is 0 Å². The van der Waals surface area contributed by atoms with E-state index in [2.05, 4.69) is 26.1 Å². The first kappa shape index (κ1) is 16.1. The van der Waals surface area contributed by atoms with Crippen LogP contribution in [-0.2, 0) is 4.79 Å². The van der Waals surface area contributed by atoms with Crippen LogP contribution in [0.5, 0.6) is 0 Å². The van der Waals surface area contributed by atoms with Crippen molar-refractivity contribution in [2.75, 3.05) is 0 Å². The number of nitrogens with zero attached hydrogens (tertiary/aromatic N) is 1. The predicted molar refractivity (Wildman–Crippen MR) is 81.1 cm³/mol. The summed E-state index contributed by atoms with van der Waals surface area (Å²) in [7, 11) is 0. The van der Waals surface area contributed by atoms with E-state index in [0.717, 1.165) is 25.7 Å². The van der Waals surface area contributed by atoms with E-state index < -0.39 is 5.97 Å². The van der Waals surface area contributed by atoms with Gasteiger partial charge < -0.3 is 15.3 Å². The van der Waals surface area contributed by atoms with Crippen LogP contribution < -0.4 is 5.32 Å². The minimum atomic E-state index is -0.723. The van der Waals surface area contributed by atoms with Crippen molar-refractivity contribution in [2.45, 2.75) is 77.9 Å². The second-order valence-electron chi connectivity index (χ2n) is 7.76. The maximum atomic E-state index is 12.5. The number of urea groups is 1. The fourth-order valence-electron chi connectivity index (χ4n) is 3.51. The summed E-state index contributed by atoms with van der Waals surface area (Å²) < 4.78 is 0. The molecule has 0 aliphatic carbocycles. The van der Waals surface area contributed by atoms with Gasteiger partial charge in [-0.3, -0.25) is 4.79 Å². The molecule has 0 aromatic rings. The number of aliphatic carboxylic acids is 1. The van der Waals surface area contributed by atoms with Crippen LogP contribution in [0.4, 0.5) is 4.79 Å². The summed E-state index contributed by atoms with van der Waals surface area (Å²) in [5.41, 5.74) is 0.0380. The van der Waals surface area contributed by atoms with Crippen LogP contribution in [0.2, 0.25) is 0 Å². The summed E-state index contributed by atoms with van der Waals surface area (Å²) >= 11 is 0. The molecule has 2 heterocycles. The number of piperidine rings is 1. The van der Waals surface area contributed by atoms with Crippen LogP contribution in [0.3, 0.4) is 0 Å². The molecule has 0 aromatic heterocycles. The molecule has 0 aromatic carbocycles. The van der Waals surface area contributed by atoms with Crippen molar-refractivity contribution in [1.82, 2.24) is 10.2 Å². The van der Waals surface area contributed by atoms with Crippen LogP contribution in [0.1, 0.15) is 59.8 Å². The van der Waals surface area contributed by atoms with Crippen molar-refractivity contribution in [2.24, 2.45) is 11.3 Å². The molecule has 21 heavy (non-hydrogen) atoms. The van der Waals surface area contributed by atoms with Crippen LogP contribution in [0.25, 0.3) is 0 Å². The lowest BCUT2D eigenvalue weighted by Gasteiger charge is -2.40. The summed E-state index contributed by atoms with van der Waals surface area (Å²) in [6.45, 7) is 8.39. The highest BCUT2D eigenvalue weighted by molar-refractivity contribution is 5.76. The summed E-state index contributed by atoms with van der Waals surface area (Å²) in [6.07, 6.45) is 3.93. The zero-order valence-electron chi connectivity index (χ0n) is 13.6. The minimum Gasteiger partial charge on any atom is -0.481 e. The number of carbonyl (C=O) groups excluding carboxylic acids is 1. The molecule has 3 unspecified atom stereocenters. The Hall–Kier alpha value is -1.26. The fourth-order valence-corrected chi connectivity index (χ4v) is 3.51. The quantitative estimate of drug-likeness (QED) is 0.841. The van der Waals surface area contributed by atoms with Gasteiger partial charge in [-0.1, -0.05) is 20.8 Å². The maximum absolute atomic E-state index is 12.5. The number of hydrogen-bond donors (Lipinski definition) is 2. The molecular weight excluding hydrogens is 268 g/mol. The lowest BCUT2D eigenvalue weighted by molar-refractivity contribution is -0.138. The maximum Gasteiger partial charge on any atom is 0.318 e. The van der Waals surface area contributed by atoms with Gasteiger partial charge in [0, 0.05) is 24.5 Å². The normalized spacial score (nSPS) is 30.1. The lowest BCUT2D eigenvalue weighted by Crippen LogP contribution is -2.54. The Morgan fingerprint density at radius 1 is 1.24 bits per heavy atom. The van der Waals surface area contributed by atoms with Crippen molar-refractivity contribution in [3.8, 4) is 0 Å². The third-order valence-electron chi connectivity index (χ3n) is 5.17. The van der Waals surface area contributed by atoms with Gasteiger partial charge >= 0.3 is 12.0 Å². The highest BCUT2D eigenvalue weighted by Crippen LogP contribution is 2.40. The third kappa shape index (κ3) is 3.69. The van der Waals surface area contributed by atoms with Crippen molar-refractivity contribution in [3.63, 3.8) is 0 Å². The van der Waals surface area contributed by atoms with Gasteiger partial charge in [0.25, 0.3) is 0 Å². The number of fused-ring (bicyclic) bond motifs is 2. The van der Waals surface area contributed by atoms with Crippen LogP contribution >= 0.6 is 0 Å². The van der Waals surface area contributed by atoms with Crippen LogP contribution in [0.15, 0.2) is 0 Å². The number of nitrogens with one attached hydrogen (secondary N) is 1. The van der Waals surface area contributed by atoms with E-state index in [9.17, 15) is 9.59 Å². The summed E-state index contributed by atoms with van der Waals surface area (Å²) in [4.78, 5) is 25.4. The molecule has 2 saturated heterocycles. The average molecular weight is 296 g/mol. The standard InChI is InChI=1S/C16H28N2O3/c1-10(16(2,3)4)17-15(21)18-12-5-6-13(18)8-11(7-12)9-14(19)20/h10-13H,5-9H2,1-4H3,(H,17,21)(H,19,20). The number of carbonyl (C=O) groups is 2. The summed E-state index contributed by atoms with van der Waals surface area (Å²) in [6, 6.07) is 0.584. The zero-order chi connectivity index (χ0) is 15.8. The molecule has 2 N–H and O–H groups in total. The molecule has 2 fully saturated rings. The third-order valence-corrected chi connectivity index (χ3v) is 5.17. The largest absolute Gasteiger partial charge is 0.481 e. The Balaban J connectivity index is 1.97. The number of rotatable bonds is 3. The molecule has 120 valence electrons. The van der Waals surface area contributed by atoms with E-state index >= 15 is 0 Å². The Labute approximate surface area is 127 Å². The van der Waals surface area contributed by atoms with Crippen molar-refractivity contribution in [3.05, 3.63) is 0 Å². The second kappa shape index (κ2) is 5.85. The molecule has 0 saturated carbocycles. The van der Waals surface area contributed by atoms with Gasteiger partial charge in [-0.05, 0) is 43.9 Å². The minimum absolute atomic E-state index is 0.0266. The number of carboxylic acid groups (broad SMARTS) is 1. The Morgan fingerprint density at radius 3 is 2.19 bits per heavy atom. The van der Waals surface area contributed by atoms with E-state index in [1.807, 2.05) is 11.8 Å². The second-order valence-corrected chi connectivity index (χ2v) is 7.76. The Bertz CT molecular complexity index is 402. The molecule has 2 aliphatic heterocycles. The number of amides is 2. The fraction of sp³-hybridized carbons (Fsp3) is 0.875. The van der Waals surface area contributed by atoms with Gasteiger partial charge in [-0.15, -0.1) is 0 Å². The van der Waals surface area contributed by atoms with Crippen LogP contribution in [0, 0.1) is 11.3 Å². The van der Waals surface area contributed by atoms with Crippen molar-refractivity contribution < 1.29 is 14.7 Å². The number of carboxylic acids is 1. The highest BCUT2D eigenvalue weighted by atomic mass is 16.4. The summed E-state index contributed by atoms with van der Waals surface area (Å²) in [5, 5.41) is 12.1. The van der Waals surface area contributed by atoms with Gasteiger partial charge in [0.2, 0.25) is 0 Å². The smallest absolute Gasteiger partial charge is 0.318 e. The van der Waals surface area contributed by atoms with E-state index in [1.54, 1.807) is 0 Å². The molecule has 5 heteroatoms. The lowest BCUT2D eigenvalue weighted by atomic mass is 9.87. The Kier molecular flexibility index (Phi) is 4.49. The predicted octanol–water partition coefficient (Wildman–Crippen LogP) is 2.85. The van der Waals surface area contributed by atoms with Crippen molar-refractivity contribution >= 4 is 12.0 Å². The van der Waals surface area contributed by atoms with E-state index in [-0.39, 0.29) is 41.9 Å². The summed E-state index contributed by atoms with van der Waals surface area (Å²) in [5.74, 6) is -0.497. The number of hydrogen-bond acceptors (Lipinski definition) is 2. The van der Waals surface area contributed by atoms with E-state index in [1.165, 1.54) is 0 Å². The van der Waals surface area contributed by atoms with E-state index in [0.29, 0.717) is 0 Å². The molecule has 2 bridgehead atoms. The van der Waals surface area contributed by atoms with Gasteiger partial charge in [-0.2, -0.15) is 0 Å². The Morgan fingerprint density at radius 2 is 1.76 bits per heavy atom. The van der Waals surface area contributed by atoms with Crippen molar-refractivity contribution in [1.29, 1.82) is 0 Å². The first-order chi connectivity index (χ1) is 9.68. The topological polar surface area (TPSA) is 69.6 Å². The highest BCUT2D eigenvalue weighted by Gasteiger charge is 2.44. The van der Waals surface area contributed by atoms with Crippen LogP contribution in [-0.4, -0.2) is 40.1 Å². The molecule has 0 spiro atoms. The molecule has 2 rings (SSSR count). The van der Waals surface area contributed by atoms with Gasteiger partial charge in [0.05, 0.1) is 0 Å². The molecule has 3 atom stereocenters. The molecule has 5 nitrogen and oxygen atoms in total. The monoisotopic (exact) mass is 296 g/mol. The average Bonchev–Trinajstić information content (AvgIpc) is 2.59. The molecule has 2 amide bonds. The molecular formula is C16H28N2O3. The zero-order valence-corrected chi connectivity index (χ0v) is 13.6. The molecule has 0 radical (unpaired) electrons. The van der Waals surface area contributed by atoms with E-state index in [4.69, 9.17) is 5.11 Å². The van der Waals surface area contributed by atoms with Gasteiger partial charge in [-0.25, -0.2) is 4.79 Å². The van der Waals surface area contributed by atoms with Gasteiger partial charge in [0.15, 0.2) is 0 Å².